The minimum Gasteiger partial charge on any atom is -0.464 e. The van der Waals surface area contributed by atoms with E-state index in [1.54, 1.807) is 36.4 Å². The number of aliphatic hydroxyl groups excluding tert-OH is 2. The highest BCUT2D eigenvalue weighted by atomic mass is 31.2. The molecule has 6 atom stereocenters. The second-order valence-corrected chi connectivity index (χ2v) is 11.7. The molecule has 15 heteroatoms. The van der Waals surface area contributed by atoms with Crippen LogP contribution in [0.1, 0.15) is 39.3 Å². The lowest BCUT2D eigenvalue weighted by Crippen LogP contribution is -2.41. The van der Waals surface area contributed by atoms with E-state index in [2.05, 4.69) is 15.2 Å². The summed E-state index contributed by atoms with van der Waals surface area (Å²) in [6, 6.07) is 12.0. The van der Waals surface area contributed by atoms with Crippen LogP contribution < -0.4 is 15.3 Å². The topological polar surface area (TPSA) is 204 Å². The highest BCUT2D eigenvalue weighted by Crippen LogP contribution is 2.47. The first-order valence-corrected chi connectivity index (χ1v) is 15.1. The van der Waals surface area contributed by atoms with E-state index >= 15 is 0 Å². The Hall–Kier alpha value is -3.57. The van der Waals surface area contributed by atoms with Crippen molar-refractivity contribution in [2.24, 2.45) is 5.92 Å². The van der Waals surface area contributed by atoms with Gasteiger partial charge >= 0.3 is 13.7 Å². The van der Waals surface area contributed by atoms with Crippen molar-refractivity contribution < 1.29 is 38.1 Å². The lowest BCUT2D eigenvalue weighted by molar-refractivity contribution is -0.146. The van der Waals surface area contributed by atoms with Crippen LogP contribution in [0.25, 0.3) is 5.52 Å². The molecule has 0 unspecified atom stereocenters. The summed E-state index contributed by atoms with van der Waals surface area (Å²) in [5.41, 5.74) is 4.28. The van der Waals surface area contributed by atoms with Gasteiger partial charge in [0, 0.05) is 0 Å². The molecule has 0 radical (unpaired) electrons. The number of hydrogen-bond donors (Lipinski definition) is 4. The van der Waals surface area contributed by atoms with Gasteiger partial charge < -0.3 is 29.9 Å². The van der Waals surface area contributed by atoms with E-state index in [1.807, 2.05) is 19.9 Å². The molecule has 0 bridgehead atoms. The number of nitrogens with two attached hydrogens (primary N) is 1. The van der Waals surface area contributed by atoms with Crippen LogP contribution in [0.15, 0.2) is 48.8 Å². The number of nitrogens with zero attached hydrogens (tertiary/aromatic N) is 4. The van der Waals surface area contributed by atoms with Gasteiger partial charge in [-0.1, -0.05) is 44.9 Å². The minimum atomic E-state index is -4.32. The number of hydrogen-bond acceptors (Lipinski definition) is 12. The summed E-state index contributed by atoms with van der Waals surface area (Å²) >= 11 is 0. The molecule has 1 saturated heterocycles. The monoisotopic (exact) mass is 602 g/mol. The van der Waals surface area contributed by atoms with Crippen molar-refractivity contribution in [1.29, 1.82) is 5.26 Å². The third-order valence-electron chi connectivity index (χ3n) is 7.19. The molecule has 1 aromatic carbocycles. The van der Waals surface area contributed by atoms with Gasteiger partial charge in [-0.05, 0) is 37.1 Å². The standard InChI is InChI=1S/C27H35N6O8P/c1-4-18(5-2)13-38-26(36)17(3)32-42(37,41-19-9-7-6-8-10-19)39-14-21-23(34)24(35)27(15-28,40-21)22-12-11-20-25(29)30-16-31-33(20)22/h6-12,16-18,21,23-24,34-35H,4-5,13-14H2,1-3H3,(H,32,37)(H2,29,30,31)/t17-,21+,23+,24+,27-,42+/m0/s1. The first-order valence-electron chi connectivity index (χ1n) is 13.5. The second kappa shape index (κ2) is 13.2. The number of carbonyl (C=O) groups excluding carboxylic acids is 1. The number of nitrogens with one attached hydrogen (secondary N) is 1. The predicted molar refractivity (Wildman–Crippen MR) is 150 cm³/mol. The number of esters is 1. The van der Waals surface area contributed by atoms with Crippen LogP contribution in [0.4, 0.5) is 5.82 Å². The zero-order valence-corrected chi connectivity index (χ0v) is 24.4. The van der Waals surface area contributed by atoms with Gasteiger partial charge in [0.15, 0.2) is 5.82 Å². The molecule has 42 heavy (non-hydrogen) atoms. The predicted octanol–water partition coefficient (Wildman–Crippen LogP) is 2.31. The fourth-order valence-electron chi connectivity index (χ4n) is 4.57. The molecule has 2 aromatic heterocycles. The number of nitriles is 1. The summed E-state index contributed by atoms with van der Waals surface area (Å²) in [4.78, 5) is 16.6. The Kier molecular flexibility index (Phi) is 9.83. The van der Waals surface area contributed by atoms with Crippen LogP contribution >= 0.6 is 7.75 Å². The molecule has 5 N–H and O–H groups in total. The van der Waals surface area contributed by atoms with E-state index < -0.39 is 50.3 Å². The highest BCUT2D eigenvalue weighted by molar-refractivity contribution is 7.52. The number of fused-ring (bicyclic) bond motifs is 1. The normalized spacial score (nSPS) is 24.3. The first-order chi connectivity index (χ1) is 20.1. The summed E-state index contributed by atoms with van der Waals surface area (Å²) in [7, 11) is -4.32. The number of para-hydroxylation sites is 1. The average molecular weight is 603 g/mol. The summed E-state index contributed by atoms with van der Waals surface area (Å²) in [6.45, 7) is 5.08. The van der Waals surface area contributed by atoms with Crippen molar-refractivity contribution in [3.63, 3.8) is 0 Å². The van der Waals surface area contributed by atoms with Crippen molar-refractivity contribution in [1.82, 2.24) is 19.7 Å². The SMILES string of the molecule is CCC(CC)COC(=O)[C@H](C)N[P@@](=O)(OC[C@H]1O[C@@](C#N)(c2ccc3c(N)ncnn23)[C@H](O)[C@@H]1O)Oc1ccccc1. The molecule has 3 heterocycles. The van der Waals surface area contributed by atoms with E-state index in [1.165, 1.54) is 23.8 Å². The smallest absolute Gasteiger partial charge is 0.459 e. The Balaban J connectivity index is 1.53. The fourth-order valence-corrected chi connectivity index (χ4v) is 6.07. The van der Waals surface area contributed by atoms with E-state index in [-0.39, 0.29) is 29.8 Å². The minimum absolute atomic E-state index is 0.0961. The molecule has 0 aliphatic carbocycles. The molecule has 3 aromatic rings. The molecule has 1 fully saturated rings. The van der Waals surface area contributed by atoms with Crippen molar-refractivity contribution in [2.75, 3.05) is 18.9 Å². The summed E-state index contributed by atoms with van der Waals surface area (Å²) < 4.78 is 37.8. The molecule has 0 spiro atoms. The lowest BCUT2D eigenvalue weighted by atomic mass is 9.92. The zero-order valence-electron chi connectivity index (χ0n) is 23.5. The third-order valence-corrected chi connectivity index (χ3v) is 8.83. The number of rotatable bonds is 13. The van der Waals surface area contributed by atoms with Crippen LogP contribution in [-0.4, -0.2) is 68.3 Å². The van der Waals surface area contributed by atoms with Gasteiger partial charge in [0.2, 0.25) is 5.60 Å². The molecule has 226 valence electrons. The number of aliphatic hydroxyl groups is 2. The number of anilines is 1. The third kappa shape index (κ3) is 6.42. The molecule has 1 aliphatic rings. The van der Waals surface area contributed by atoms with Gasteiger partial charge in [0.25, 0.3) is 0 Å². The Morgan fingerprint density at radius 1 is 1.26 bits per heavy atom. The Morgan fingerprint density at radius 3 is 2.64 bits per heavy atom. The van der Waals surface area contributed by atoms with Crippen LogP contribution in [0.2, 0.25) is 0 Å². The summed E-state index contributed by atoms with van der Waals surface area (Å²) in [5.74, 6) is -0.143. The van der Waals surface area contributed by atoms with Gasteiger partial charge in [-0.3, -0.25) is 9.32 Å². The number of benzene rings is 1. The number of aromatic nitrogens is 3. The molecular weight excluding hydrogens is 567 g/mol. The average Bonchev–Trinajstić information content (AvgIpc) is 3.53. The van der Waals surface area contributed by atoms with Crippen LogP contribution in [0.3, 0.4) is 0 Å². The molecule has 0 saturated carbocycles. The van der Waals surface area contributed by atoms with Crippen molar-refractivity contribution in [2.45, 2.75) is 63.6 Å². The van der Waals surface area contributed by atoms with Crippen LogP contribution in [0.5, 0.6) is 5.75 Å². The largest absolute Gasteiger partial charge is 0.464 e. The molecular formula is C27H35N6O8P. The second-order valence-electron chi connectivity index (χ2n) is 9.96. The maximum atomic E-state index is 13.9. The number of ether oxygens (including phenoxy) is 2. The van der Waals surface area contributed by atoms with Crippen molar-refractivity contribution in [3.05, 3.63) is 54.5 Å². The van der Waals surface area contributed by atoms with E-state index in [0.717, 1.165) is 12.8 Å². The Bertz CT molecular complexity index is 1460. The van der Waals surface area contributed by atoms with Crippen molar-refractivity contribution >= 4 is 25.1 Å². The van der Waals surface area contributed by atoms with Gasteiger partial charge in [0.1, 0.15) is 48.0 Å². The number of nitrogen functional groups attached to an aromatic ring is 1. The molecule has 14 nitrogen and oxygen atoms in total. The molecule has 4 rings (SSSR count). The highest BCUT2D eigenvalue weighted by Gasteiger charge is 2.58. The molecule has 0 amide bonds. The first kappa shape index (κ1) is 31.4. The van der Waals surface area contributed by atoms with Gasteiger partial charge in [-0.25, -0.2) is 14.1 Å². The maximum Gasteiger partial charge on any atom is 0.459 e. The van der Waals surface area contributed by atoms with E-state index in [9.17, 15) is 24.8 Å². The Labute approximate surface area is 242 Å². The zero-order chi connectivity index (χ0) is 30.5. The van der Waals surface area contributed by atoms with Gasteiger partial charge in [-0.2, -0.15) is 15.4 Å². The van der Waals surface area contributed by atoms with Crippen molar-refractivity contribution in [3.8, 4) is 11.8 Å². The Morgan fingerprint density at radius 2 is 1.98 bits per heavy atom. The van der Waals surface area contributed by atoms with Gasteiger partial charge in [0.05, 0.1) is 18.9 Å². The van der Waals surface area contributed by atoms with Gasteiger partial charge in [-0.15, -0.1) is 0 Å². The summed E-state index contributed by atoms with van der Waals surface area (Å²) in [5, 5.41) is 38.7. The maximum absolute atomic E-state index is 13.9. The number of carbonyl (C=O) groups is 1. The van der Waals surface area contributed by atoms with E-state index in [4.69, 9.17) is 24.3 Å². The quantitative estimate of drug-likeness (QED) is 0.164. The van der Waals surface area contributed by atoms with Crippen LogP contribution in [0, 0.1) is 17.2 Å². The summed E-state index contributed by atoms with van der Waals surface area (Å²) in [6.07, 6.45) is -1.87. The molecule has 1 aliphatic heterocycles. The lowest BCUT2D eigenvalue weighted by Gasteiger charge is -2.25. The van der Waals surface area contributed by atoms with Crippen LogP contribution in [-0.2, 0) is 29.0 Å². The van der Waals surface area contributed by atoms with E-state index in [0.29, 0.717) is 5.52 Å². The fraction of sp³-hybridized carbons (Fsp3) is 0.481.